The van der Waals surface area contributed by atoms with Crippen LogP contribution in [0.15, 0.2) is 30.5 Å². The number of hydrogen-bond donors (Lipinski definition) is 2. The monoisotopic (exact) mass is 259 g/mol. The molecule has 2 aromatic rings. The average molecular weight is 259 g/mol. The summed E-state index contributed by atoms with van der Waals surface area (Å²) in [6.45, 7) is 2.69. The maximum absolute atomic E-state index is 10.8. The fourth-order valence-electron chi connectivity index (χ4n) is 1.97. The van der Waals surface area contributed by atoms with Crippen molar-refractivity contribution >= 4 is 11.7 Å². The topological polar surface area (TPSA) is 67.2 Å². The Morgan fingerprint density at radius 2 is 2.21 bits per heavy atom. The number of benzene rings is 1. The number of rotatable bonds is 5. The Morgan fingerprint density at radius 1 is 1.42 bits per heavy atom. The third-order valence-corrected chi connectivity index (χ3v) is 3.09. The van der Waals surface area contributed by atoms with Gasteiger partial charge in [0.15, 0.2) is 0 Å². The van der Waals surface area contributed by atoms with Crippen molar-refractivity contribution < 1.29 is 9.90 Å². The number of aromatic carboxylic acids is 1. The number of anilines is 1. The highest BCUT2D eigenvalue weighted by atomic mass is 16.4. The Labute approximate surface area is 111 Å². The first kappa shape index (κ1) is 13.1. The molecule has 5 heteroatoms. The highest BCUT2D eigenvalue weighted by molar-refractivity contribution is 5.88. The van der Waals surface area contributed by atoms with Crippen molar-refractivity contribution in [1.29, 1.82) is 0 Å². The molecule has 0 saturated heterocycles. The zero-order chi connectivity index (χ0) is 13.8. The van der Waals surface area contributed by atoms with Crippen molar-refractivity contribution in [3.63, 3.8) is 0 Å². The van der Waals surface area contributed by atoms with Crippen LogP contribution >= 0.6 is 0 Å². The smallest absolute Gasteiger partial charge is 0.335 e. The van der Waals surface area contributed by atoms with E-state index in [0.717, 1.165) is 29.9 Å². The minimum atomic E-state index is -0.899. The Morgan fingerprint density at radius 3 is 2.79 bits per heavy atom. The van der Waals surface area contributed by atoms with Gasteiger partial charge in [0.05, 0.1) is 5.56 Å². The Bertz CT molecular complexity index is 590. The van der Waals surface area contributed by atoms with Gasteiger partial charge in [0, 0.05) is 37.6 Å². The van der Waals surface area contributed by atoms with Gasteiger partial charge in [-0.2, -0.15) is 5.10 Å². The van der Waals surface area contributed by atoms with Crippen LogP contribution in [0.4, 0.5) is 5.69 Å². The van der Waals surface area contributed by atoms with Gasteiger partial charge in [-0.3, -0.25) is 4.68 Å². The first-order chi connectivity index (χ1) is 9.08. The maximum Gasteiger partial charge on any atom is 0.335 e. The van der Waals surface area contributed by atoms with Crippen LogP contribution in [0.5, 0.6) is 0 Å². The number of aryl methyl sites for hydroxylation is 2. The summed E-state index contributed by atoms with van der Waals surface area (Å²) >= 11 is 0. The normalized spacial score (nSPS) is 10.4. The Hall–Kier alpha value is -2.30. The van der Waals surface area contributed by atoms with E-state index in [0.29, 0.717) is 5.56 Å². The minimum absolute atomic E-state index is 0.315. The van der Waals surface area contributed by atoms with Gasteiger partial charge >= 0.3 is 5.97 Å². The van der Waals surface area contributed by atoms with Crippen LogP contribution in [0.25, 0.3) is 0 Å². The van der Waals surface area contributed by atoms with Crippen LogP contribution < -0.4 is 5.32 Å². The Balaban J connectivity index is 1.96. The van der Waals surface area contributed by atoms with Gasteiger partial charge in [-0.1, -0.05) is 0 Å². The first-order valence-corrected chi connectivity index (χ1v) is 6.12. The van der Waals surface area contributed by atoms with Crippen LogP contribution in [0.1, 0.15) is 21.6 Å². The lowest BCUT2D eigenvalue weighted by Crippen LogP contribution is -2.09. The van der Waals surface area contributed by atoms with Crippen molar-refractivity contribution in [1.82, 2.24) is 9.78 Å². The number of hydrogen-bond acceptors (Lipinski definition) is 3. The van der Waals surface area contributed by atoms with Crippen molar-refractivity contribution in [2.24, 2.45) is 7.05 Å². The van der Waals surface area contributed by atoms with Gasteiger partial charge < -0.3 is 10.4 Å². The zero-order valence-electron chi connectivity index (χ0n) is 11.1. The summed E-state index contributed by atoms with van der Waals surface area (Å²) in [5.41, 5.74) is 3.37. The van der Waals surface area contributed by atoms with E-state index in [2.05, 4.69) is 10.4 Å². The van der Waals surface area contributed by atoms with Crippen molar-refractivity contribution in [3.8, 4) is 0 Å². The van der Waals surface area contributed by atoms with Crippen LogP contribution in [0.3, 0.4) is 0 Å². The van der Waals surface area contributed by atoms with Crippen LogP contribution in [-0.4, -0.2) is 27.4 Å². The van der Waals surface area contributed by atoms with Gasteiger partial charge in [0.1, 0.15) is 0 Å². The number of nitrogens with one attached hydrogen (secondary N) is 1. The molecule has 0 aliphatic heterocycles. The van der Waals surface area contributed by atoms with Gasteiger partial charge in [-0.15, -0.1) is 0 Å². The standard InChI is InChI=1S/C14H17N3O2/c1-10-9-11(14(18)19)3-4-13(10)15-7-5-12-6-8-16-17(12)2/h3-4,6,8-9,15H,5,7H2,1-2H3,(H,18,19). The predicted octanol–water partition coefficient (Wildman–Crippen LogP) is 2.08. The highest BCUT2D eigenvalue weighted by Crippen LogP contribution is 2.16. The molecule has 0 bridgehead atoms. The third kappa shape index (κ3) is 3.13. The summed E-state index contributed by atoms with van der Waals surface area (Å²) in [5, 5.41) is 16.3. The Kier molecular flexibility index (Phi) is 3.85. The van der Waals surface area contributed by atoms with E-state index in [-0.39, 0.29) is 0 Å². The molecule has 1 aromatic heterocycles. The average Bonchev–Trinajstić information content (AvgIpc) is 2.77. The van der Waals surface area contributed by atoms with E-state index in [1.807, 2.05) is 30.8 Å². The lowest BCUT2D eigenvalue weighted by Gasteiger charge is -2.10. The summed E-state index contributed by atoms with van der Waals surface area (Å²) in [5.74, 6) is -0.899. The largest absolute Gasteiger partial charge is 0.478 e. The van der Waals surface area contributed by atoms with E-state index in [9.17, 15) is 4.79 Å². The second kappa shape index (κ2) is 5.56. The molecule has 0 spiro atoms. The molecule has 1 aromatic carbocycles. The fourth-order valence-corrected chi connectivity index (χ4v) is 1.97. The third-order valence-electron chi connectivity index (χ3n) is 3.09. The van der Waals surface area contributed by atoms with E-state index < -0.39 is 5.97 Å². The lowest BCUT2D eigenvalue weighted by atomic mass is 10.1. The molecular weight excluding hydrogens is 242 g/mol. The van der Waals surface area contributed by atoms with Gasteiger partial charge in [-0.05, 0) is 36.8 Å². The van der Waals surface area contributed by atoms with Crippen molar-refractivity contribution in [2.45, 2.75) is 13.3 Å². The predicted molar refractivity (Wildman–Crippen MR) is 73.5 cm³/mol. The molecule has 1 heterocycles. The zero-order valence-corrected chi connectivity index (χ0v) is 11.1. The van der Waals surface area contributed by atoms with Crippen molar-refractivity contribution in [3.05, 3.63) is 47.3 Å². The number of carbonyl (C=O) groups is 1. The highest BCUT2D eigenvalue weighted by Gasteiger charge is 2.05. The summed E-state index contributed by atoms with van der Waals surface area (Å²) in [7, 11) is 1.92. The summed E-state index contributed by atoms with van der Waals surface area (Å²) in [6.07, 6.45) is 2.65. The second-order valence-corrected chi connectivity index (χ2v) is 4.46. The van der Waals surface area contributed by atoms with E-state index >= 15 is 0 Å². The number of nitrogens with zero attached hydrogens (tertiary/aromatic N) is 2. The summed E-state index contributed by atoms with van der Waals surface area (Å²) in [4.78, 5) is 10.8. The fraction of sp³-hybridized carbons (Fsp3) is 0.286. The van der Waals surface area contributed by atoms with Crippen LogP contribution in [0, 0.1) is 6.92 Å². The molecule has 0 aliphatic carbocycles. The summed E-state index contributed by atoms with van der Waals surface area (Å²) in [6, 6.07) is 7.08. The molecule has 0 amide bonds. The molecule has 0 radical (unpaired) electrons. The number of carboxylic acids is 1. The lowest BCUT2D eigenvalue weighted by molar-refractivity contribution is 0.0697. The molecule has 2 rings (SSSR count). The van der Waals surface area contributed by atoms with E-state index in [1.165, 1.54) is 0 Å². The molecule has 5 nitrogen and oxygen atoms in total. The molecule has 0 saturated carbocycles. The SMILES string of the molecule is Cc1cc(C(=O)O)ccc1NCCc1ccnn1C. The van der Waals surface area contributed by atoms with Crippen LogP contribution in [-0.2, 0) is 13.5 Å². The molecule has 100 valence electrons. The molecule has 2 N–H and O–H groups in total. The van der Waals surface area contributed by atoms with E-state index in [4.69, 9.17) is 5.11 Å². The molecule has 0 fully saturated rings. The van der Waals surface area contributed by atoms with Crippen molar-refractivity contribution in [2.75, 3.05) is 11.9 Å². The van der Waals surface area contributed by atoms with Gasteiger partial charge in [-0.25, -0.2) is 4.79 Å². The number of carboxylic acid groups (broad SMARTS) is 1. The quantitative estimate of drug-likeness (QED) is 0.862. The van der Waals surface area contributed by atoms with Gasteiger partial charge in [0.25, 0.3) is 0 Å². The number of aromatic nitrogens is 2. The first-order valence-electron chi connectivity index (χ1n) is 6.12. The minimum Gasteiger partial charge on any atom is -0.478 e. The maximum atomic E-state index is 10.8. The van der Waals surface area contributed by atoms with Gasteiger partial charge in [0.2, 0.25) is 0 Å². The molecule has 0 unspecified atom stereocenters. The van der Waals surface area contributed by atoms with Crippen LogP contribution in [0.2, 0.25) is 0 Å². The molecule has 19 heavy (non-hydrogen) atoms. The van der Waals surface area contributed by atoms with E-state index in [1.54, 1.807) is 18.3 Å². The second-order valence-electron chi connectivity index (χ2n) is 4.46. The summed E-state index contributed by atoms with van der Waals surface area (Å²) < 4.78 is 1.85. The molecular formula is C14H17N3O2. The molecule has 0 aliphatic rings. The molecule has 0 atom stereocenters.